The van der Waals surface area contributed by atoms with E-state index in [9.17, 15) is 8.42 Å². The number of hydrogen-bond donors (Lipinski definition) is 0. The zero-order chi connectivity index (χ0) is 15.9. The zero-order valence-corrected chi connectivity index (χ0v) is 14.4. The monoisotopic (exact) mass is 302 g/mol. The predicted molar refractivity (Wildman–Crippen MR) is 86.8 cm³/mol. The summed E-state index contributed by atoms with van der Waals surface area (Å²) in [6, 6.07) is 7.05. The second kappa shape index (κ2) is 5.30. The first-order chi connectivity index (χ1) is 9.67. The Kier molecular flexibility index (Phi) is 3.98. The molecule has 0 aliphatic rings. The third-order valence-corrected chi connectivity index (χ3v) is 6.57. The molecular formula is C18H22O2S. The summed E-state index contributed by atoms with van der Waals surface area (Å²) in [5.41, 5.74) is 6.06. The molecule has 0 atom stereocenters. The molecule has 0 amide bonds. The van der Waals surface area contributed by atoms with Crippen molar-refractivity contribution >= 4 is 9.84 Å². The van der Waals surface area contributed by atoms with Gasteiger partial charge in [-0.15, -0.1) is 0 Å². The van der Waals surface area contributed by atoms with Crippen LogP contribution in [-0.4, -0.2) is 8.42 Å². The Hall–Kier alpha value is -1.61. The lowest BCUT2D eigenvalue weighted by Gasteiger charge is -2.18. The van der Waals surface area contributed by atoms with Gasteiger partial charge in [0.05, 0.1) is 9.79 Å². The largest absolute Gasteiger partial charge is 0.218 e. The second-order valence-electron chi connectivity index (χ2n) is 5.77. The normalized spacial score (nSPS) is 11.7. The lowest BCUT2D eigenvalue weighted by Crippen LogP contribution is -2.10. The van der Waals surface area contributed by atoms with Crippen molar-refractivity contribution in [2.75, 3.05) is 0 Å². The minimum absolute atomic E-state index is 0.363. The van der Waals surface area contributed by atoms with Gasteiger partial charge in [-0.2, -0.15) is 0 Å². The molecule has 3 heteroatoms. The first kappa shape index (κ1) is 15.8. The van der Waals surface area contributed by atoms with Crippen LogP contribution >= 0.6 is 0 Å². The van der Waals surface area contributed by atoms with Crippen LogP contribution in [0.5, 0.6) is 0 Å². The molecule has 21 heavy (non-hydrogen) atoms. The van der Waals surface area contributed by atoms with Crippen LogP contribution in [0.25, 0.3) is 0 Å². The fraction of sp³-hybridized carbons (Fsp3) is 0.333. The average molecular weight is 302 g/mol. The molecule has 0 aromatic heterocycles. The van der Waals surface area contributed by atoms with Gasteiger partial charge in [-0.3, -0.25) is 0 Å². The molecule has 0 heterocycles. The Morgan fingerprint density at radius 1 is 0.619 bits per heavy atom. The van der Waals surface area contributed by atoms with E-state index >= 15 is 0 Å². The summed E-state index contributed by atoms with van der Waals surface area (Å²) in [6.45, 7) is 11.8. The molecule has 2 aromatic rings. The summed E-state index contributed by atoms with van der Waals surface area (Å²) >= 11 is 0. The highest BCUT2D eigenvalue weighted by atomic mass is 32.2. The van der Waals surface area contributed by atoms with Gasteiger partial charge in [-0.25, -0.2) is 8.42 Å². The van der Waals surface area contributed by atoms with E-state index < -0.39 is 9.84 Å². The highest BCUT2D eigenvalue weighted by Crippen LogP contribution is 2.33. The third-order valence-electron chi connectivity index (χ3n) is 4.53. The molecular weight excluding hydrogens is 280 g/mol. The molecule has 0 spiro atoms. The Balaban J connectivity index is 2.80. The zero-order valence-electron chi connectivity index (χ0n) is 13.5. The topological polar surface area (TPSA) is 34.1 Å². The fourth-order valence-corrected chi connectivity index (χ4v) is 4.55. The lowest BCUT2D eigenvalue weighted by molar-refractivity contribution is 0.594. The van der Waals surface area contributed by atoms with Gasteiger partial charge in [-0.05, 0) is 81.5 Å². The van der Waals surface area contributed by atoms with Crippen LogP contribution in [0.3, 0.4) is 0 Å². The van der Waals surface area contributed by atoms with E-state index in [-0.39, 0.29) is 0 Å². The fourth-order valence-electron chi connectivity index (χ4n) is 2.70. The molecule has 0 aliphatic carbocycles. The van der Waals surface area contributed by atoms with Crippen LogP contribution < -0.4 is 0 Å². The Morgan fingerprint density at radius 2 is 1.00 bits per heavy atom. The van der Waals surface area contributed by atoms with E-state index in [1.165, 1.54) is 5.56 Å². The number of hydrogen-bond acceptors (Lipinski definition) is 2. The number of rotatable bonds is 2. The van der Waals surface area contributed by atoms with Crippen molar-refractivity contribution < 1.29 is 8.42 Å². The molecule has 0 N–H and O–H groups in total. The Bertz CT molecular complexity index is 769. The van der Waals surface area contributed by atoms with Gasteiger partial charge >= 0.3 is 0 Å². The molecule has 112 valence electrons. The van der Waals surface area contributed by atoms with Gasteiger partial charge in [-0.1, -0.05) is 17.7 Å². The van der Waals surface area contributed by atoms with E-state index in [4.69, 9.17) is 0 Å². The first-order valence-corrected chi connectivity index (χ1v) is 8.55. The van der Waals surface area contributed by atoms with Crippen LogP contribution in [0.1, 0.15) is 33.4 Å². The van der Waals surface area contributed by atoms with Gasteiger partial charge in [0, 0.05) is 0 Å². The first-order valence-electron chi connectivity index (χ1n) is 7.06. The van der Waals surface area contributed by atoms with Crippen molar-refractivity contribution in [1.82, 2.24) is 0 Å². The van der Waals surface area contributed by atoms with Crippen LogP contribution in [-0.2, 0) is 9.84 Å². The summed E-state index contributed by atoms with van der Waals surface area (Å²) < 4.78 is 26.0. The van der Waals surface area contributed by atoms with Gasteiger partial charge in [0.25, 0.3) is 0 Å². The molecule has 0 fully saturated rings. The average Bonchev–Trinajstić information content (AvgIpc) is 2.43. The van der Waals surface area contributed by atoms with Crippen molar-refractivity contribution in [3.63, 3.8) is 0 Å². The lowest BCUT2D eigenvalue weighted by atomic mass is 9.95. The van der Waals surface area contributed by atoms with Crippen LogP contribution in [0.2, 0.25) is 0 Å². The van der Waals surface area contributed by atoms with Gasteiger partial charge < -0.3 is 0 Å². The van der Waals surface area contributed by atoms with Crippen molar-refractivity contribution in [1.29, 1.82) is 0 Å². The molecule has 0 saturated carbocycles. The van der Waals surface area contributed by atoms with Crippen molar-refractivity contribution in [3.8, 4) is 0 Å². The number of aryl methyl sites for hydroxylation is 1. The molecule has 2 rings (SSSR count). The molecule has 2 nitrogen and oxygen atoms in total. The SMILES string of the molecule is Cc1ccc(S(=O)(=O)c2c(C)c(C)c(C)c(C)c2C)cc1. The van der Waals surface area contributed by atoms with E-state index in [0.29, 0.717) is 9.79 Å². The van der Waals surface area contributed by atoms with E-state index in [2.05, 4.69) is 0 Å². The highest BCUT2D eigenvalue weighted by Gasteiger charge is 2.25. The van der Waals surface area contributed by atoms with Gasteiger partial charge in [0.1, 0.15) is 0 Å². The van der Waals surface area contributed by atoms with Gasteiger partial charge in [0.15, 0.2) is 0 Å². The minimum Gasteiger partial charge on any atom is -0.218 e. The summed E-state index contributed by atoms with van der Waals surface area (Å²) in [7, 11) is -3.48. The van der Waals surface area contributed by atoms with E-state index in [0.717, 1.165) is 27.8 Å². The standard InChI is InChI=1S/C18H22O2S/c1-11-7-9-17(10-8-11)21(19,20)18-15(5)13(3)12(2)14(4)16(18)6/h7-10H,1-6H3. The summed E-state index contributed by atoms with van der Waals surface area (Å²) in [5.74, 6) is 0. The molecule has 2 aromatic carbocycles. The quantitative estimate of drug-likeness (QED) is 0.825. The third kappa shape index (κ3) is 2.51. The highest BCUT2D eigenvalue weighted by molar-refractivity contribution is 7.91. The predicted octanol–water partition coefficient (Wildman–Crippen LogP) is 4.37. The Morgan fingerprint density at radius 3 is 1.43 bits per heavy atom. The smallest absolute Gasteiger partial charge is 0.207 e. The van der Waals surface area contributed by atoms with Gasteiger partial charge in [0.2, 0.25) is 9.84 Å². The molecule has 0 saturated heterocycles. The molecule has 0 bridgehead atoms. The Labute approximate surface area is 127 Å². The summed E-state index contributed by atoms with van der Waals surface area (Å²) in [5, 5.41) is 0. The van der Waals surface area contributed by atoms with Crippen LogP contribution in [0, 0.1) is 41.5 Å². The summed E-state index contributed by atoms with van der Waals surface area (Å²) in [4.78, 5) is 0.828. The van der Waals surface area contributed by atoms with E-state index in [1.54, 1.807) is 12.1 Å². The number of sulfone groups is 1. The van der Waals surface area contributed by atoms with Crippen LogP contribution in [0.4, 0.5) is 0 Å². The minimum atomic E-state index is -3.48. The van der Waals surface area contributed by atoms with Crippen molar-refractivity contribution in [2.45, 2.75) is 51.3 Å². The maximum atomic E-state index is 13.0. The second-order valence-corrected chi connectivity index (χ2v) is 7.66. The van der Waals surface area contributed by atoms with E-state index in [1.807, 2.05) is 53.7 Å². The number of benzene rings is 2. The summed E-state index contributed by atoms with van der Waals surface area (Å²) in [6.07, 6.45) is 0. The van der Waals surface area contributed by atoms with Crippen LogP contribution in [0.15, 0.2) is 34.1 Å². The molecule has 0 unspecified atom stereocenters. The maximum Gasteiger partial charge on any atom is 0.207 e. The van der Waals surface area contributed by atoms with Crippen molar-refractivity contribution in [2.24, 2.45) is 0 Å². The molecule has 0 aliphatic heterocycles. The van der Waals surface area contributed by atoms with Crippen molar-refractivity contribution in [3.05, 3.63) is 57.6 Å². The maximum absolute atomic E-state index is 13.0. The molecule has 0 radical (unpaired) electrons.